The normalized spacial score (nSPS) is 11.7. The highest BCUT2D eigenvalue weighted by Gasteiger charge is 2.26. The molecule has 0 bridgehead atoms. The SMILES string of the molecule is CCc1nc2c3c(-c4ccc(-c5ccc(-c6nc7ccccc7c7cc(-c8ccccc8)nn67)cc5)cc4)nc4ccccc4c3ccc2n1-c1ccccc1.CCc1nc2c3c(-c4ccc(-c5ccc6c7ccccc7nn6c5)cc4)nc4ccccc4c3ccc2n1-c1ccccc1.CCc1nc2c3c(-c4ccc(-c5cnc6ccccc6c5)cc4)nc4ccccc4c3ccc2n1-c1ccccc1. The number of aromatic nitrogens is 15. The zero-order valence-electron chi connectivity index (χ0n) is 77.4. The first-order valence-electron chi connectivity index (χ1n) is 48.1. The molecule has 28 aromatic rings. The molecule has 0 aliphatic heterocycles. The van der Waals surface area contributed by atoms with Gasteiger partial charge in [0.1, 0.15) is 17.5 Å². The molecule has 15 nitrogen and oxygen atoms in total. The van der Waals surface area contributed by atoms with Crippen LogP contribution in [0.1, 0.15) is 38.2 Å². The van der Waals surface area contributed by atoms with E-state index in [9.17, 15) is 0 Å². The van der Waals surface area contributed by atoms with Gasteiger partial charge in [0.2, 0.25) is 0 Å². The van der Waals surface area contributed by atoms with Gasteiger partial charge >= 0.3 is 0 Å². The third-order valence-electron chi connectivity index (χ3n) is 27.6. The zero-order chi connectivity index (χ0) is 93.7. The molecule has 0 spiro atoms. The Kier molecular flexibility index (Phi) is 20.4. The topological polar surface area (TPSA) is 153 Å². The maximum absolute atomic E-state index is 5.31. The van der Waals surface area contributed by atoms with Gasteiger partial charge in [-0.15, -0.1) is 0 Å². The summed E-state index contributed by atoms with van der Waals surface area (Å²) in [6.45, 7) is 6.50. The fourth-order valence-corrected chi connectivity index (χ4v) is 20.8. The summed E-state index contributed by atoms with van der Waals surface area (Å²) in [4.78, 5) is 41.4. The summed E-state index contributed by atoms with van der Waals surface area (Å²) < 4.78 is 10.8. The van der Waals surface area contributed by atoms with Crippen LogP contribution in [-0.2, 0) is 19.3 Å². The lowest BCUT2D eigenvalue weighted by molar-refractivity contribution is 0.908. The Morgan fingerprint density at radius 2 is 0.553 bits per heavy atom. The van der Waals surface area contributed by atoms with Gasteiger partial charge in [-0.1, -0.05) is 336 Å². The third kappa shape index (κ3) is 14.4. The fourth-order valence-electron chi connectivity index (χ4n) is 20.8. The molecular weight excluding hydrogens is 1720 g/mol. The summed E-state index contributed by atoms with van der Waals surface area (Å²) in [6, 6.07) is 149. The van der Waals surface area contributed by atoms with E-state index in [1.54, 1.807) is 0 Å². The monoisotopic (exact) mass is 1810 g/mol. The molecule has 0 amide bonds. The van der Waals surface area contributed by atoms with Crippen molar-refractivity contribution in [3.8, 4) is 107 Å². The molecule has 0 saturated carbocycles. The van der Waals surface area contributed by atoms with Crippen LogP contribution in [0.5, 0.6) is 0 Å². The second kappa shape index (κ2) is 34.6. The second-order valence-electron chi connectivity index (χ2n) is 35.8. The first-order chi connectivity index (χ1) is 69.8. The van der Waals surface area contributed by atoms with E-state index in [0.717, 1.165) is 275 Å². The van der Waals surface area contributed by atoms with Crippen molar-refractivity contribution in [1.82, 2.24) is 72.8 Å². The minimum atomic E-state index is 0.810. The van der Waals surface area contributed by atoms with Gasteiger partial charge in [-0.3, -0.25) is 18.7 Å². The Morgan fingerprint density at radius 3 is 0.986 bits per heavy atom. The zero-order valence-corrected chi connectivity index (χ0v) is 77.4. The van der Waals surface area contributed by atoms with Gasteiger partial charge in [0, 0.05) is 136 Å². The smallest absolute Gasteiger partial charge is 0.161 e. The van der Waals surface area contributed by atoms with Crippen molar-refractivity contribution in [3.05, 3.63) is 455 Å². The molecule has 0 fully saturated rings. The molecule has 17 aromatic carbocycles. The van der Waals surface area contributed by atoms with Gasteiger partial charge in [0.05, 0.1) is 100 Å². The lowest BCUT2D eigenvalue weighted by Gasteiger charge is -2.13. The molecule has 0 aliphatic carbocycles. The molecule has 11 heterocycles. The van der Waals surface area contributed by atoms with Crippen molar-refractivity contribution in [2.24, 2.45) is 0 Å². The van der Waals surface area contributed by atoms with Gasteiger partial charge in [-0.05, 0) is 148 Å². The van der Waals surface area contributed by atoms with Crippen LogP contribution in [0, 0.1) is 0 Å². The van der Waals surface area contributed by atoms with E-state index in [2.05, 4.69) is 428 Å². The van der Waals surface area contributed by atoms with Gasteiger partial charge in [-0.25, -0.2) is 43.9 Å². The maximum atomic E-state index is 5.31. The lowest BCUT2D eigenvalue weighted by atomic mass is 9.97. The minimum absolute atomic E-state index is 0.810. The van der Waals surface area contributed by atoms with Crippen LogP contribution in [0.2, 0.25) is 0 Å². The summed E-state index contributed by atoms with van der Waals surface area (Å²) in [6.07, 6.45) is 6.53. The predicted octanol–water partition coefficient (Wildman–Crippen LogP) is 30.7. The lowest BCUT2D eigenvalue weighted by Crippen LogP contribution is -1.99. The Labute approximate surface area is 810 Å². The first kappa shape index (κ1) is 83.0. The van der Waals surface area contributed by atoms with Crippen LogP contribution < -0.4 is 0 Å². The summed E-state index contributed by atoms with van der Waals surface area (Å²) in [5.74, 6) is 3.91. The molecule has 28 rings (SSSR count). The molecule has 0 atom stereocenters. The molecule has 0 aliphatic rings. The number of fused-ring (bicyclic) bond motifs is 22. The van der Waals surface area contributed by atoms with Crippen molar-refractivity contribution in [1.29, 1.82) is 0 Å². The molecule has 0 N–H and O–H groups in total. The molecule has 0 radical (unpaired) electrons. The van der Waals surface area contributed by atoms with Crippen molar-refractivity contribution < 1.29 is 0 Å². The third-order valence-corrected chi connectivity index (χ3v) is 27.6. The van der Waals surface area contributed by atoms with Crippen LogP contribution in [0.4, 0.5) is 0 Å². The van der Waals surface area contributed by atoms with Crippen LogP contribution >= 0.6 is 0 Å². The summed E-state index contributed by atoms with van der Waals surface area (Å²) in [7, 11) is 0. The van der Waals surface area contributed by atoms with E-state index >= 15 is 0 Å². The number of pyridine rings is 5. The highest BCUT2D eigenvalue weighted by Crippen LogP contribution is 2.45. The fraction of sp³-hybridized carbons (Fsp3) is 0.0476. The number of para-hydroxylation sites is 8. The first-order valence-corrected chi connectivity index (χ1v) is 48.1. The molecule has 666 valence electrons. The van der Waals surface area contributed by atoms with Crippen LogP contribution in [0.25, 0.3) is 249 Å². The number of hydrogen-bond acceptors (Lipinski definition) is 10. The number of imidazole rings is 3. The van der Waals surface area contributed by atoms with Crippen molar-refractivity contribution in [2.75, 3.05) is 0 Å². The van der Waals surface area contributed by atoms with E-state index in [0.29, 0.717) is 0 Å². The van der Waals surface area contributed by atoms with E-state index in [1.165, 1.54) is 10.8 Å². The molecule has 0 saturated heterocycles. The Bertz CT molecular complexity index is 9780. The van der Waals surface area contributed by atoms with Gasteiger partial charge in [0.15, 0.2) is 5.82 Å². The van der Waals surface area contributed by atoms with Gasteiger partial charge in [-0.2, -0.15) is 10.2 Å². The molecule has 11 aromatic heterocycles. The minimum Gasteiger partial charge on any atom is -0.296 e. The number of hydrogen-bond donors (Lipinski definition) is 0. The van der Waals surface area contributed by atoms with E-state index < -0.39 is 0 Å². The molecular formula is C126H87N15. The summed E-state index contributed by atoms with van der Waals surface area (Å²) in [5, 5.41) is 23.4. The second-order valence-corrected chi connectivity index (χ2v) is 35.8. The largest absolute Gasteiger partial charge is 0.296 e. The predicted molar refractivity (Wildman–Crippen MR) is 579 cm³/mol. The Morgan fingerprint density at radius 1 is 0.220 bits per heavy atom. The molecule has 0 unspecified atom stereocenters. The van der Waals surface area contributed by atoms with Gasteiger partial charge < -0.3 is 0 Å². The molecule has 15 heteroatoms. The van der Waals surface area contributed by atoms with E-state index in [4.69, 9.17) is 45.1 Å². The quantitative estimate of drug-likeness (QED) is 0.0962. The Balaban J connectivity index is 0.000000110. The van der Waals surface area contributed by atoms with E-state index in [-0.39, 0.29) is 0 Å². The number of aryl methyl sites for hydroxylation is 3. The maximum Gasteiger partial charge on any atom is 0.161 e. The highest BCUT2D eigenvalue weighted by molar-refractivity contribution is 6.23. The van der Waals surface area contributed by atoms with E-state index in [1.807, 2.05) is 57.7 Å². The Hall–Kier alpha value is -18.6. The summed E-state index contributed by atoms with van der Waals surface area (Å²) in [5.41, 5.74) is 33.3. The highest BCUT2D eigenvalue weighted by atomic mass is 15.3. The molecule has 141 heavy (non-hydrogen) atoms. The van der Waals surface area contributed by atoms with Crippen LogP contribution in [0.15, 0.2) is 437 Å². The van der Waals surface area contributed by atoms with Crippen molar-refractivity contribution in [2.45, 2.75) is 40.0 Å². The average Bonchev–Trinajstić information content (AvgIpc) is 1.48. The summed E-state index contributed by atoms with van der Waals surface area (Å²) >= 11 is 0. The van der Waals surface area contributed by atoms with Crippen LogP contribution in [-0.4, -0.2) is 72.8 Å². The van der Waals surface area contributed by atoms with Gasteiger partial charge in [0.25, 0.3) is 0 Å². The van der Waals surface area contributed by atoms with Crippen LogP contribution in [0.3, 0.4) is 0 Å². The average molecular weight is 1810 g/mol. The number of benzene rings is 17. The van der Waals surface area contributed by atoms with Crippen molar-refractivity contribution >= 4 is 142 Å². The van der Waals surface area contributed by atoms with Crippen molar-refractivity contribution in [3.63, 3.8) is 0 Å². The number of rotatable bonds is 14. The standard InChI is InChI=1S/C50H34N6.C39H27N5.C37H26N4/c1-2-46-53-49-44(55(46)37-15-7-4-8-16-37)30-29-39-38-17-9-11-19-41(38)51-48(47(39)49)35-25-21-32(22-26-35)33-23-27-36(28-24-33)50-52-42-20-12-10-18-40(42)45-31-43(54-56(45)50)34-13-5-3-6-14-34;1-2-36-41-39-35(44(36)28-10-4-3-5-11-28)23-21-30-29-12-6-8-14-32(29)40-38(37(30)39)26-18-16-25(17-19-26)27-20-22-34-31-13-7-9-15-33(31)42-43(34)24-27;1-2-34-40-37-33(41(34)28-11-4-3-5-12-28)21-20-30-29-13-7-9-15-32(29)39-36(35(30)37)25-18-16-24(17-19-25)27-22-26-10-6-8-14-31(26)38-23-27/h3-31H,2H2,1H3;3-24H,2H2,1H3;3-23H,2H2,1H3. The number of nitrogens with zero attached hydrogens (tertiary/aromatic N) is 15.